The number of nitrogens with one attached hydrogen (secondary N) is 1. The Hall–Kier alpha value is -2.14. The van der Waals surface area contributed by atoms with Crippen molar-refractivity contribution in [2.24, 2.45) is 0 Å². The van der Waals surface area contributed by atoms with E-state index < -0.39 is 0 Å². The maximum atomic E-state index is 12.6. The largest absolute Gasteiger partial charge is 0.339 e. The van der Waals surface area contributed by atoms with Gasteiger partial charge in [0.1, 0.15) is 6.04 Å². The minimum Gasteiger partial charge on any atom is -0.339 e. The lowest BCUT2D eigenvalue weighted by Crippen LogP contribution is -2.87. The zero-order valence-corrected chi connectivity index (χ0v) is 16.1. The number of carbonyl (C=O) groups is 1. The molecule has 0 bridgehead atoms. The Morgan fingerprint density at radius 2 is 1.85 bits per heavy atom. The summed E-state index contributed by atoms with van der Waals surface area (Å²) in [6, 6.07) is 21.9. The maximum absolute atomic E-state index is 12.6. The lowest BCUT2D eigenvalue weighted by molar-refractivity contribution is -0.682. The van der Waals surface area contributed by atoms with E-state index in [1.165, 1.54) is 0 Å². The van der Waals surface area contributed by atoms with Crippen LogP contribution in [0.2, 0.25) is 5.02 Å². The molecule has 3 rings (SSSR count). The summed E-state index contributed by atoms with van der Waals surface area (Å²) in [5.74, 6) is 0.0149. The van der Waals surface area contributed by atoms with Crippen LogP contribution in [0.15, 0.2) is 72.1 Å². The van der Waals surface area contributed by atoms with Gasteiger partial charge in [0.25, 0.3) is 5.91 Å². The van der Waals surface area contributed by atoms with Crippen LogP contribution in [0.3, 0.4) is 0 Å². The third-order valence-corrected chi connectivity index (χ3v) is 5.47. The first-order valence-corrected chi connectivity index (χ1v) is 9.86. The van der Waals surface area contributed by atoms with Crippen LogP contribution in [0, 0.1) is 0 Å². The van der Waals surface area contributed by atoms with Crippen molar-refractivity contribution in [1.82, 2.24) is 5.32 Å². The molecule has 3 N–H and O–H groups in total. The van der Waals surface area contributed by atoms with E-state index in [1.807, 2.05) is 71.4 Å². The minimum absolute atomic E-state index is 0.0149. The van der Waals surface area contributed by atoms with Crippen LogP contribution in [-0.2, 0) is 4.79 Å². The van der Waals surface area contributed by atoms with Crippen molar-refractivity contribution in [2.75, 3.05) is 6.54 Å². The highest BCUT2D eigenvalue weighted by molar-refractivity contribution is 7.10. The van der Waals surface area contributed by atoms with Crippen LogP contribution in [0.25, 0.3) is 0 Å². The van der Waals surface area contributed by atoms with Gasteiger partial charge >= 0.3 is 0 Å². The van der Waals surface area contributed by atoms with E-state index in [1.54, 1.807) is 11.3 Å². The Balaban J connectivity index is 1.63. The number of hydrogen-bond acceptors (Lipinski definition) is 2. The topological polar surface area (TPSA) is 45.7 Å². The van der Waals surface area contributed by atoms with Crippen LogP contribution in [0.1, 0.15) is 35.0 Å². The highest BCUT2D eigenvalue weighted by Gasteiger charge is 2.19. The minimum atomic E-state index is -0.112. The van der Waals surface area contributed by atoms with Gasteiger partial charge in [-0.2, -0.15) is 0 Å². The van der Waals surface area contributed by atoms with Gasteiger partial charge < -0.3 is 10.6 Å². The molecule has 1 amide bonds. The number of quaternary nitrogens is 1. The summed E-state index contributed by atoms with van der Waals surface area (Å²) in [5.41, 5.74) is 2.20. The summed E-state index contributed by atoms with van der Waals surface area (Å²) in [7, 11) is 0. The van der Waals surface area contributed by atoms with E-state index in [2.05, 4.69) is 18.3 Å². The zero-order chi connectivity index (χ0) is 18.4. The molecular weight excluding hydrogens is 364 g/mol. The lowest BCUT2D eigenvalue weighted by atomic mass is 10.1. The standard InChI is InChI=1S/C21H21ClN2OS/c1-15(17-9-5-10-18(22)13-17)23-14-20(25)24-21(19-11-6-12-26-19)16-7-3-2-4-8-16/h2-13,15,21,23H,14H2,1H3,(H,24,25)/p+1/t15-,21-/m1/s1. The Labute approximate surface area is 163 Å². The molecule has 0 unspecified atom stereocenters. The first-order valence-electron chi connectivity index (χ1n) is 8.60. The Morgan fingerprint density at radius 1 is 1.08 bits per heavy atom. The third-order valence-electron chi connectivity index (χ3n) is 4.30. The smallest absolute Gasteiger partial charge is 0.275 e. The van der Waals surface area contributed by atoms with E-state index >= 15 is 0 Å². The Morgan fingerprint density at radius 3 is 2.54 bits per heavy atom. The van der Waals surface area contributed by atoms with Gasteiger partial charge in [0.05, 0.1) is 6.04 Å². The van der Waals surface area contributed by atoms with Gasteiger partial charge in [0.2, 0.25) is 0 Å². The molecule has 3 aromatic rings. The number of nitrogens with two attached hydrogens (primary N) is 1. The number of hydrogen-bond donors (Lipinski definition) is 2. The number of thiophene rings is 1. The summed E-state index contributed by atoms with van der Waals surface area (Å²) in [6.07, 6.45) is 0. The van der Waals surface area contributed by atoms with Crippen molar-refractivity contribution in [3.05, 3.63) is 93.1 Å². The van der Waals surface area contributed by atoms with Gasteiger partial charge in [-0.1, -0.05) is 60.1 Å². The molecule has 0 aliphatic carbocycles. The average Bonchev–Trinajstić information content (AvgIpc) is 3.19. The Bertz CT molecular complexity index is 836. The molecule has 26 heavy (non-hydrogen) atoms. The van der Waals surface area contributed by atoms with E-state index in [9.17, 15) is 4.79 Å². The number of amides is 1. The Kier molecular flexibility index (Phi) is 6.45. The van der Waals surface area contributed by atoms with Crippen molar-refractivity contribution >= 4 is 28.8 Å². The molecule has 134 valence electrons. The van der Waals surface area contributed by atoms with E-state index in [-0.39, 0.29) is 18.0 Å². The predicted molar refractivity (Wildman–Crippen MR) is 107 cm³/mol. The summed E-state index contributed by atoms with van der Waals surface area (Å²) >= 11 is 7.70. The van der Waals surface area contributed by atoms with Crippen LogP contribution >= 0.6 is 22.9 Å². The molecule has 3 nitrogen and oxygen atoms in total. The molecule has 1 aromatic heterocycles. The van der Waals surface area contributed by atoms with Crippen LogP contribution in [0.4, 0.5) is 0 Å². The number of carbonyl (C=O) groups excluding carboxylic acids is 1. The second-order valence-corrected chi connectivity index (χ2v) is 7.63. The molecule has 2 aromatic carbocycles. The zero-order valence-electron chi connectivity index (χ0n) is 14.6. The van der Waals surface area contributed by atoms with Crippen molar-refractivity contribution in [1.29, 1.82) is 0 Å². The molecule has 5 heteroatoms. The first-order chi connectivity index (χ1) is 12.6. The number of rotatable bonds is 7. The molecule has 0 saturated carbocycles. The lowest BCUT2D eigenvalue weighted by Gasteiger charge is -2.18. The van der Waals surface area contributed by atoms with Crippen molar-refractivity contribution in [3.8, 4) is 0 Å². The van der Waals surface area contributed by atoms with Crippen LogP contribution in [0.5, 0.6) is 0 Å². The van der Waals surface area contributed by atoms with Crippen LogP contribution < -0.4 is 10.6 Å². The normalized spacial score (nSPS) is 13.2. The van der Waals surface area contributed by atoms with Crippen molar-refractivity contribution in [2.45, 2.75) is 19.0 Å². The van der Waals surface area contributed by atoms with Gasteiger partial charge in [-0.15, -0.1) is 11.3 Å². The highest BCUT2D eigenvalue weighted by atomic mass is 35.5. The number of halogens is 1. The first kappa shape index (κ1) is 18.6. The van der Waals surface area contributed by atoms with E-state index in [0.29, 0.717) is 11.6 Å². The van der Waals surface area contributed by atoms with Gasteiger partial charge in [-0.25, -0.2) is 0 Å². The SMILES string of the molecule is C[C@@H]([NH2+]CC(=O)N[C@H](c1ccccc1)c1cccs1)c1cccc(Cl)c1. The summed E-state index contributed by atoms with van der Waals surface area (Å²) in [6.45, 7) is 2.44. The molecule has 0 spiro atoms. The maximum Gasteiger partial charge on any atom is 0.275 e. The predicted octanol–water partition coefficient (Wildman–Crippen LogP) is 3.93. The van der Waals surface area contributed by atoms with Gasteiger partial charge in [-0.3, -0.25) is 4.79 Å². The summed E-state index contributed by atoms with van der Waals surface area (Å²) < 4.78 is 0. The number of benzene rings is 2. The van der Waals surface area contributed by atoms with Gasteiger partial charge in [0, 0.05) is 15.5 Å². The van der Waals surface area contributed by atoms with Crippen molar-refractivity contribution in [3.63, 3.8) is 0 Å². The van der Waals surface area contributed by atoms with Crippen molar-refractivity contribution < 1.29 is 10.1 Å². The van der Waals surface area contributed by atoms with Gasteiger partial charge in [-0.05, 0) is 36.1 Å². The molecule has 0 aliphatic rings. The molecule has 0 radical (unpaired) electrons. The monoisotopic (exact) mass is 385 g/mol. The fourth-order valence-corrected chi connectivity index (χ4v) is 3.85. The molecule has 2 atom stereocenters. The molecular formula is C21H22ClN2OS+. The fourth-order valence-electron chi connectivity index (χ4n) is 2.85. The molecule has 0 saturated heterocycles. The second-order valence-electron chi connectivity index (χ2n) is 6.21. The third kappa shape index (κ3) is 4.94. The molecule has 0 aliphatic heterocycles. The summed E-state index contributed by atoms with van der Waals surface area (Å²) in [4.78, 5) is 13.7. The molecule has 1 heterocycles. The highest BCUT2D eigenvalue weighted by Crippen LogP contribution is 2.25. The van der Waals surface area contributed by atoms with E-state index in [0.717, 1.165) is 16.0 Å². The average molecular weight is 386 g/mol. The summed E-state index contributed by atoms with van der Waals surface area (Å²) in [5, 5.41) is 7.94. The second kappa shape index (κ2) is 8.99. The van der Waals surface area contributed by atoms with Gasteiger partial charge in [0.15, 0.2) is 6.54 Å². The quantitative estimate of drug-likeness (QED) is 0.636. The van der Waals surface area contributed by atoms with Crippen LogP contribution in [-0.4, -0.2) is 12.5 Å². The van der Waals surface area contributed by atoms with E-state index in [4.69, 9.17) is 11.6 Å². The fraction of sp³-hybridized carbons (Fsp3) is 0.190. The molecule has 0 fully saturated rings.